The number of hydrogen-bond acceptors (Lipinski definition) is 5. The number of aryl methyl sites for hydroxylation is 1. The van der Waals surface area contributed by atoms with Crippen molar-refractivity contribution in [1.29, 1.82) is 0 Å². The number of carbonyl (C=O) groups is 1. The highest BCUT2D eigenvalue weighted by Crippen LogP contribution is 2.15. The van der Waals surface area contributed by atoms with Crippen LogP contribution in [-0.2, 0) is 9.53 Å². The fourth-order valence-corrected chi connectivity index (χ4v) is 1.38. The van der Waals surface area contributed by atoms with Crippen LogP contribution in [-0.4, -0.2) is 31.2 Å². The van der Waals surface area contributed by atoms with Crippen LogP contribution >= 0.6 is 0 Å². The van der Waals surface area contributed by atoms with Gasteiger partial charge in [-0.2, -0.15) is 0 Å². The predicted molar refractivity (Wildman–Crippen MR) is 67.9 cm³/mol. The summed E-state index contributed by atoms with van der Waals surface area (Å²) in [5, 5.41) is 0. The zero-order chi connectivity index (χ0) is 12.8. The number of nitrogens with zero attached hydrogens (tertiary/aromatic N) is 2. The van der Waals surface area contributed by atoms with Crippen LogP contribution in [0.15, 0.2) is 12.1 Å². The minimum Gasteiger partial charge on any atom is -0.466 e. The highest BCUT2D eigenvalue weighted by Gasteiger charge is 2.07. The lowest BCUT2D eigenvalue weighted by atomic mass is 10.3. The third-order valence-corrected chi connectivity index (χ3v) is 2.46. The summed E-state index contributed by atoms with van der Waals surface area (Å²) < 4.78 is 4.86. The Labute approximate surface area is 102 Å². The zero-order valence-electron chi connectivity index (χ0n) is 10.6. The van der Waals surface area contributed by atoms with Crippen LogP contribution in [0.25, 0.3) is 0 Å². The van der Waals surface area contributed by atoms with Crippen molar-refractivity contribution >= 4 is 17.5 Å². The van der Waals surface area contributed by atoms with Crippen molar-refractivity contribution in [3.63, 3.8) is 0 Å². The number of anilines is 2. The predicted octanol–water partition coefficient (Wildman–Crippen LogP) is 1.36. The van der Waals surface area contributed by atoms with Gasteiger partial charge in [0, 0.05) is 13.6 Å². The molecule has 0 saturated heterocycles. The fraction of sp³-hybridized carbons (Fsp3) is 0.500. The number of aromatic nitrogens is 1. The molecule has 5 heteroatoms. The van der Waals surface area contributed by atoms with Crippen LogP contribution in [0.3, 0.4) is 0 Å². The number of ether oxygens (including phenoxy) is 1. The number of hydrogen-bond donors (Lipinski definition) is 1. The molecule has 0 amide bonds. The van der Waals surface area contributed by atoms with Crippen molar-refractivity contribution in [2.45, 2.75) is 20.3 Å². The van der Waals surface area contributed by atoms with Gasteiger partial charge < -0.3 is 15.4 Å². The summed E-state index contributed by atoms with van der Waals surface area (Å²) in [6.45, 7) is 4.65. The van der Waals surface area contributed by atoms with E-state index < -0.39 is 0 Å². The van der Waals surface area contributed by atoms with E-state index in [9.17, 15) is 4.79 Å². The van der Waals surface area contributed by atoms with Crippen molar-refractivity contribution < 1.29 is 9.53 Å². The van der Waals surface area contributed by atoms with Gasteiger partial charge in [0.25, 0.3) is 0 Å². The minimum atomic E-state index is -0.188. The van der Waals surface area contributed by atoms with Crippen LogP contribution in [0.4, 0.5) is 11.5 Å². The smallest absolute Gasteiger partial charge is 0.307 e. The summed E-state index contributed by atoms with van der Waals surface area (Å²) >= 11 is 0. The monoisotopic (exact) mass is 237 g/mol. The second kappa shape index (κ2) is 6.08. The molecular weight excluding hydrogens is 218 g/mol. The zero-order valence-corrected chi connectivity index (χ0v) is 10.6. The summed E-state index contributed by atoms with van der Waals surface area (Å²) in [6.07, 6.45) is 0.357. The van der Waals surface area contributed by atoms with Gasteiger partial charge in [0.15, 0.2) is 0 Å². The first kappa shape index (κ1) is 13.3. The first-order chi connectivity index (χ1) is 8.04. The molecule has 5 nitrogen and oxygen atoms in total. The number of nitrogens with two attached hydrogens (primary N) is 1. The summed E-state index contributed by atoms with van der Waals surface area (Å²) in [7, 11) is 1.89. The molecule has 1 heterocycles. The molecule has 1 rings (SSSR count). The van der Waals surface area contributed by atoms with Crippen LogP contribution in [0.1, 0.15) is 19.0 Å². The SMILES string of the molecule is CCOC(=O)CCN(C)c1ccc(N)c(C)n1. The summed E-state index contributed by atoms with van der Waals surface area (Å²) in [4.78, 5) is 17.5. The molecule has 0 unspecified atom stereocenters. The second-order valence-corrected chi connectivity index (χ2v) is 3.82. The van der Waals surface area contributed by atoms with Crippen LogP contribution in [0.5, 0.6) is 0 Å². The number of rotatable bonds is 5. The summed E-state index contributed by atoms with van der Waals surface area (Å²) in [5.41, 5.74) is 7.17. The van der Waals surface area contributed by atoms with E-state index in [0.29, 0.717) is 25.3 Å². The average Bonchev–Trinajstić information content (AvgIpc) is 2.30. The largest absolute Gasteiger partial charge is 0.466 e. The maximum atomic E-state index is 11.2. The molecule has 0 aliphatic heterocycles. The molecule has 0 saturated carbocycles. The minimum absolute atomic E-state index is 0.188. The van der Waals surface area contributed by atoms with Gasteiger partial charge in [-0.05, 0) is 26.0 Å². The molecule has 0 atom stereocenters. The van der Waals surface area contributed by atoms with Gasteiger partial charge in [0.05, 0.1) is 24.4 Å². The fourth-order valence-electron chi connectivity index (χ4n) is 1.38. The van der Waals surface area contributed by atoms with Crippen molar-refractivity contribution in [2.75, 3.05) is 30.8 Å². The molecular formula is C12H19N3O2. The lowest BCUT2D eigenvalue weighted by Crippen LogP contribution is -2.23. The highest BCUT2D eigenvalue weighted by atomic mass is 16.5. The third kappa shape index (κ3) is 3.94. The molecule has 0 fully saturated rings. The molecule has 2 N–H and O–H groups in total. The van der Waals surface area contributed by atoms with Gasteiger partial charge in [-0.1, -0.05) is 0 Å². The Morgan fingerprint density at radius 1 is 1.53 bits per heavy atom. The third-order valence-electron chi connectivity index (χ3n) is 2.46. The summed E-state index contributed by atoms with van der Waals surface area (Å²) in [5.74, 6) is 0.618. The Morgan fingerprint density at radius 2 is 2.24 bits per heavy atom. The van der Waals surface area contributed by atoms with Crippen LogP contribution < -0.4 is 10.6 Å². The lowest BCUT2D eigenvalue weighted by Gasteiger charge is -2.18. The normalized spacial score (nSPS) is 10.1. The Kier molecular flexibility index (Phi) is 4.75. The molecule has 0 aliphatic carbocycles. The van der Waals surface area contributed by atoms with Crippen molar-refractivity contribution in [1.82, 2.24) is 4.98 Å². The Balaban J connectivity index is 2.54. The van der Waals surface area contributed by atoms with Gasteiger partial charge in [0.2, 0.25) is 0 Å². The van der Waals surface area contributed by atoms with Crippen molar-refractivity contribution in [3.8, 4) is 0 Å². The molecule has 17 heavy (non-hydrogen) atoms. The Morgan fingerprint density at radius 3 is 2.82 bits per heavy atom. The van der Waals surface area contributed by atoms with Gasteiger partial charge >= 0.3 is 5.97 Å². The lowest BCUT2D eigenvalue weighted by molar-refractivity contribution is -0.142. The molecule has 94 valence electrons. The van der Waals surface area contributed by atoms with Gasteiger partial charge in [-0.25, -0.2) is 4.98 Å². The average molecular weight is 237 g/mol. The first-order valence-electron chi connectivity index (χ1n) is 5.64. The second-order valence-electron chi connectivity index (χ2n) is 3.82. The molecule has 0 aliphatic rings. The van der Waals surface area contributed by atoms with Crippen LogP contribution in [0.2, 0.25) is 0 Å². The van der Waals surface area contributed by atoms with E-state index in [1.807, 2.05) is 31.0 Å². The van der Waals surface area contributed by atoms with E-state index >= 15 is 0 Å². The van der Waals surface area contributed by atoms with Gasteiger partial charge in [0.1, 0.15) is 5.82 Å². The molecule has 1 aromatic rings. The van der Waals surface area contributed by atoms with Crippen molar-refractivity contribution in [2.24, 2.45) is 0 Å². The molecule has 0 radical (unpaired) electrons. The molecule has 0 spiro atoms. The van der Waals surface area contributed by atoms with E-state index in [1.165, 1.54) is 0 Å². The molecule has 0 aromatic carbocycles. The molecule has 1 aromatic heterocycles. The van der Waals surface area contributed by atoms with E-state index in [2.05, 4.69) is 4.98 Å². The van der Waals surface area contributed by atoms with E-state index in [-0.39, 0.29) is 5.97 Å². The van der Waals surface area contributed by atoms with E-state index in [4.69, 9.17) is 10.5 Å². The van der Waals surface area contributed by atoms with Gasteiger partial charge in [-0.15, -0.1) is 0 Å². The van der Waals surface area contributed by atoms with Crippen LogP contribution in [0, 0.1) is 6.92 Å². The quantitative estimate of drug-likeness (QED) is 0.783. The molecule has 0 bridgehead atoms. The standard InChI is InChI=1S/C12H19N3O2/c1-4-17-12(16)7-8-15(3)11-6-5-10(13)9(2)14-11/h5-6H,4,7-8,13H2,1-3H3. The van der Waals surface area contributed by atoms with Gasteiger partial charge in [-0.3, -0.25) is 4.79 Å². The number of nitrogen functional groups attached to an aromatic ring is 1. The van der Waals surface area contributed by atoms with E-state index in [0.717, 1.165) is 11.5 Å². The maximum Gasteiger partial charge on any atom is 0.307 e. The van der Waals surface area contributed by atoms with Crippen molar-refractivity contribution in [3.05, 3.63) is 17.8 Å². The first-order valence-corrected chi connectivity index (χ1v) is 5.64. The Hall–Kier alpha value is -1.78. The Bertz CT molecular complexity index is 393. The topological polar surface area (TPSA) is 68.5 Å². The maximum absolute atomic E-state index is 11.2. The highest BCUT2D eigenvalue weighted by molar-refractivity contribution is 5.70. The summed E-state index contributed by atoms with van der Waals surface area (Å²) in [6, 6.07) is 3.66. The van der Waals surface area contributed by atoms with E-state index in [1.54, 1.807) is 6.92 Å². The number of esters is 1. The number of carbonyl (C=O) groups excluding carboxylic acids is 1. The number of pyridine rings is 1.